The molecule has 0 spiro atoms. The van der Waals surface area contributed by atoms with Crippen LogP contribution in [0, 0.1) is 0 Å². The maximum atomic E-state index is 6.05. The van der Waals surface area contributed by atoms with Gasteiger partial charge in [0.05, 0.1) is 0 Å². The second-order valence-corrected chi connectivity index (χ2v) is 6.37. The lowest BCUT2D eigenvalue weighted by atomic mass is 10.0. The molecule has 17 heavy (non-hydrogen) atoms. The highest BCUT2D eigenvalue weighted by Gasteiger charge is 2.21. The molecule has 0 saturated heterocycles. The molecule has 2 unspecified atom stereocenters. The summed E-state index contributed by atoms with van der Waals surface area (Å²) in [5.74, 6) is 0. The number of hydrogen-bond donors (Lipinski definition) is 1. The summed E-state index contributed by atoms with van der Waals surface area (Å²) in [6.45, 7) is 2.21. The van der Waals surface area contributed by atoms with Gasteiger partial charge in [-0.3, -0.25) is 0 Å². The zero-order valence-electron chi connectivity index (χ0n) is 10.7. The molecule has 2 rings (SSSR count). The standard InChI is InChI=1S/C15H23NS/c1-2-6-13(16)8-5-9-14-11-12-7-3-4-10-15(12)17-14/h3-4,7,10,13-14H,2,5-6,8-9,11,16H2,1H3. The molecular weight excluding hydrogens is 226 g/mol. The topological polar surface area (TPSA) is 26.0 Å². The van der Waals surface area contributed by atoms with E-state index in [2.05, 4.69) is 43.0 Å². The van der Waals surface area contributed by atoms with Crippen molar-refractivity contribution in [3.05, 3.63) is 29.8 Å². The third-order valence-electron chi connectivity index (χ3n) is 3.47. The number of nitrogens with two attached hydrogens (primary N) is 1. The lowest BCUT2D eigenvalue weighted by Gasteiger charge is -2.12. The van der Waals surface area contributed by atoms with Crippen molar-refractivity contribution in [1.82, 2.24) is 0 Å². The van der Waals surface area contributed by atoms with Crippen LogP contribution in [0.5, 0.6) is 0 Å². The summed E-state index contributed by atoms with van der Waals surface area (Å²) in [7, 11) is 0. The van der Waals surface area contributed by atoms with Gasteiger partial charge in [-0.15, -0.1) is 11.8 Å². The summed E-state index contributed by atoms with van der Waals surface area (Å²) < 4.78 is 0. The van der Waals surface area contributed by atoms with E-state index in [1.807, 2.05) is 0 Å². The van der Waals surface area contributed by atoms with Crippen molar-refractivity contribution in [2.75, 3.05) is 0 Å². The van der Waals surface area contributed by atoms with Crippen LogP contribution in [0.2, 0.25) is 0 Å². The van der Waals surface area contributed by atoms with Crippen molar-refractivity contribution in [2.45, 2.75) is 61.6 Å². The monoisotopic (exact) mass is 249 g/mol. The molecule has 1 aromatic rings. The molecule has 0 amide bonds. The van der Waals surface area contributed by atoms with E-state index in [-0.39, 0.29) is 0 Å². The summed E-state index contributed by atoms with van der Waals surface area (Å²) in [5.41, 5.74) is 7.59. The van der Waals surface area contributed by atoms with Crippen LogP contribution < -0.4 is 5.73 Å². The lowest BCUT2D eigenvalue weighted by molar-refractivity contribution is 0.523. The minimum Gasteiger partial charge on any atom is -0.328 e. The Kier molecular flexibility index (Phi) is 4.93. The minimum atomic E-state index is 0.425. The Labute approximate surface area is 109 Å². The maximum Gasteiger partial charge on any atom is 0.0135 e. The summed E-state index contributed by atoms with van der Waals surface area (Å²) in [6.07, 6.45) is 7.44. The van der Waals surface area contributed by atoms with Crippen LogP contribution in [0.25, 0.3) is 0 Å². The van der Waals surface area contributed by atoms with Gasteiger partial charge in [-0.05, 0) is 37.3 Å². The molecule has 2 N–H and O–H groups in total. The molecule has 0 bridgehead atoms. The van der Waals surface area contributed by atoms with Crippen LogP contribution in [0.4, 0.5) is 0 Å². The van der Waals surface area contributed by atoms with Gasteiger partial charge in [-0.1, -0.05) is 38.0 Å². The molecule has 94 valence electrons. The van der Waals surface area contributed by atoms with Gasteiger partial charge in [0.2, 0.25) is 0 Å². The highest BCUT2D eigenvalue weighted by atomic mass is 32.2. The normalized spacial score (nSPS) is 20.2. The van der Waals surface area contributed by atoms with Crippen LogP contribution in [-0.4, -0.2) is 11.3 Å². The predicted molar refractivity (Wildman–Crippen MR) is 76.5 cm³/mol. The molecule has 2 heteroatoms. The average Bonchev–Trinajstić information content (AvgIpc) is 2.71. The van der Waals surface area contributed by atoms with Gasteiger partial charge in [0.15, 0.2) is 0 Å². The van der Waals surface area contributed by atoms with Gasteiger partial charge in [0, 0.05) is 16.2 Å². The summed E-state index contributed by atoms with van der Waals surface area (Å²) in [6, 6.07) is 9.24. The Morgan fingerprint density at radius 1 is 1.35 bits per heavy atom. The molecule has 0 aliphatic carbocycles. The van der Waals surface area contributed by atoms with Gasteiger partial charge in [0.25, 0.3) is 0 Å². The van der Waals surface area contributed by atoms with Crippen molar-refractivity contribution in [3.63, 3.8) is 0 Å². The fourth-order valence-electron chi connectivity index (χ4n) is 2.54. The van der Waals surface area contributed by atoms with Crippen LogP contribution >= 0.6 is 11.8 Å². The van der Waals surface area contributed by atoms with E-state index in [1.54, 1.807) is 5.56 Å². The van der Waals surface area contributed by atoms with Crippen molar-refractivity contribution < 1.29 is 0 Å². The van der Waals surface area contributed by atoms with Gasteiger partial charge < -0.3 is 5.73 Å². The molecule has 1 aliphatic heterocycles. The maximum absolute atomic E-state index is 6.05. The molecule has 1 heterocycles. The predicted octanol–water partition coefficient (Wildman–Crippen LogP) is 4.00. The Hall–Kier alpha value is -0.470. The summed E-state index contributed by atoms with van der Waals surface area (Å²) >= 11 is 2.06. The zero-order valence-corrected chi connectivity index (χ0v) is 11.5. The minimum absolute atomic E-state index is 0.425. The van der Waals surface area contributed by atoms with E-state index in [0.29, 0.717) is 6.04 Å². The largest absolute Gasteiger partial charge is 0.328 e. The number of thioether (sulfide) groups is 1. The molecule has 1 nitrogen and oxygen atoms in total. The molecule has 1 aliphatic rings. The van der Waals surface area contributed by atoms with E-state index < -0.39 is 0 Å². The van der Waals surface area contributed by atoms with Crippen LogP contribution in [-0.2, 0) is 6.42 Å². The molecule has 1 aromatic carbocycles. The summed E-state index contributed by atoms with van der Waals surface area (Å²) in [4.78, 5) is 1.50. The molecule has 0 aromatic heterocycles. The third-order valence-corrected chi connectivity index (χ3v) is 4.86. The zero-order chi connectivity index (χ0) is 12.1. The summed E-state index contributed by atoms with van der Waals surface area (Å²) in [5, 5.41) is 0.793. The molecule has 2 atom stereocenters. The van der Waals surface area contributed by atoms with Crippen molar-refractivity contribution in [2.24, 2.45) is 5.73 Å². The van der Waals surface area contributed by atoms with E-state index in [4.69, 9.17) is 5.73 Å². The van der Waals surface area contributed by atoms with Crippen molar-refractivity contribution >= 4 is 11.8 Å². The smallest absolute Gasteiger partial charge is 0.0135 e. The molecule has 0 radical (unpaired) electrons. The first-order chi connectivity index (χ1) is 8.29. The van der Waals surface area contributed by atoms with Gasteiger partial charge in [-0.2, -0.15) is 0 Å². The van der Waals surface area contributed by atoms with E-state index in [9.17, 15) is 0 Å². The second-order valence-electron chi connectivity index (χ2n) is 5.03. The van der Waals surface area contributed by atoms with Crippen LogP contribution in [0.1, 0.15) is 44.6 Å². The first kappa shape index (κ1) is 13.0. The Morgan fingerprint density at radius 2 is 2.18 bits per heavy atom. The number of hydrogen-bond acceptors (Lipinski definition) is 2. The Morgan fingerprint density at radius 3 is 2.94 bits per heavy atom. The van der Waals surface area contributed by atoms with Crippen LogP contribution in [0.15, 0.2) is 29.2 Å². The van der Waals surface area contributed by atoms with Crippen molar-refractivity contribution in [1.29, 1.82) is 0 Å². The fraction of sp³-hybridized carbons (Fsp3) is 0.600. The molecule has 0 fully saturated rings. The van der Waals surface area contributed by atoms with Crippen LogP contribution in [0.3, 0.4) is 0 Å². The number of rotatable bonds is 6. The highest BCUT2D eigenvalue weighted by Crippen LogP contribution is 2.38. The van der Waals surface area contributed by atoms with Gasteiger partial charge in [0.1, 0.15) is 0 Å². The first-order valence-corrected chi connectivity index (χ1v) is 7.67. The van der Waals surface area contributed by atoms with Crippen molar-refractivity contribution in [3.8, 4) is 0 Å². The fourth-order valence-corrected chi connectivity index (χ4v) is 3.90. The van der Waals surface area contributed by atoms with E-state index in [1.165, 1.54) is 43.4 Å². The first-order valence-electron chi connectivity index (χ1n) is 6.79. The molecule has 0 saturated carbocycles. The highest BCUT2D eigenvalue weighted by molar-refractivity contribution is 8.00. The van der Waals surface area contributed by atoms with E-state index >= 15 is 0 Å². The SMILES string of the molecule is CCCC(N)CCCC1Cc2ccccc2S1. The van der Waals surface area contributed by atoms with Gasteiger partial charge in [-0.25, -0.2) is 0 Å². The average molecular weight is 249 g/mol. The Balaban J connectivity index is 1.70. The van der Waals surface area contributed by atoms with Gasteiger partial charge >= 0.3 is 0 Å². The third kappa shape index (κ3) is 3.75. The lowest BCUT2D eigenvalue weighted by Crippen LogP contribution is -2.19. The number of benzene rings is 1. The second kappa shape index (κ2) is 6.46. The quantitative estimate of drug-likeness (QED) is 0.824. The van der Waals surface area contributed by atoms with E-state index in [0.717, 1.165) is 5.25 Å². The molecular formula is C15H23NS. The number of fused-ring (bicyclic) bond motifs is 1. The Bertz CT molecular complexity index is 326.